The third kappa shape index (κ3) is 3.28. The van der Waals surface area contributed by atoms with E-state index < -0.39 is 6.09 Å². The van der Waals surface area contributed by atoms with Gasteiger partial charge < -0.3 is 14.4 Å². The Labute approximate surface area is 133 Å². The maximum Gasteiger partial charge on any atom is 0.417 e. The largest absolute Gasteiger partial charge is 0.497 e. The molecule has 0 saturated carbocycles. The first-order chi connectivity index (χ1) is 11.1. The number of carbonyl (C=O) groups excluding carboxylic acids is 3. The number of benzene rings is 1. The van der Waals surface area contributed by atoms with Crippen molar-refractivity contribution >= 4 is 17.9 Å². The highest BCUT2D eigenvalue weighted by atomic mass is 16.6. The number of likely N-dealkylation sites (tertiary alicyclic amines) is 1. The second-order valence-electron chi connectivity index (χ2n) is 5.75. The fourth-order valence-corrected chi connectivity index (χ4v) is 2.73. The summed E-state index contributed by atoms with van der Waals surface area (Å²) in [5.74, 6) is 0.622. The maximum atomic E-state index is 12.2. The highest BCUT2D eigenvalue weighted by Crippen LogP contribution is 2.21. The molecule has 7 nitrogen and oxygen atoms in total. The molecule has 2 heterocycles. The van der Waals surface area contributed by atoms with Crippen LogP contribution in [0.1, 0.15) is 5.56 Å². The van der Waals surface area contributed by atoms with Crippen molar-refractivity contribution in [2.24, 2.45) is 5.92 Å². The molecule has 0 unspecified atom stereocenters. The number of methoxy groups -OCH3 is 1. The van der Waals surface area contributed by atoms with Gasteiger partial charge in [-0.25, -0.2) is 9.69 Å². The minimum atomic E-state index is -0.585. The minimum Gasteiger partial charge on any atom is -0.497 e. The van der Waals surface area contributed by atoms with Gasteiger partial charge in [0, 0.05) is 25.6 Å². The quantitative estimate of drug-likeness (QED) is 0.798. The molecule has 3 rings (SSSR count). The zero-order valence-corrected chi connectivity index (χ0v) is 12.9. The molecule has 2 fully saturated rings. The summed E-state index contributed by atoms with van der Waals surface area (Å²) in [4.78, 5) is 37.9. The molecule has 2 aliphatic rings. The number of carbonyl (C=O) groups is 3. The first-order valence-electron chi connectivity index (χ1n) is 7.44. The summed E-state index contributed by atoms with van der Waals surface area (Å²) in [6.07, 6.45) is -0.250. The van der Waals surface area contributed by atoms with Crippen LogP contribution >= 0.6 is 0 Å². The molecule has 0 atom stereocenters. The summed E-state index contributed by atoms with van der Waals surface area (Å²) in [5.41, 5.74) is 0.928. The van der Waals surface area contributed by atoms with Gasteiger partial charge in [0.25, 0.3) is 5.91 Å². The SMILES string of the molecule is COc1ccc(CC(=O)N2CC(CN3C(=O)COC3=O)C2)cc1. The van der Waals surface area contributed by atoms with E-state index in [4.69, 9.17) is 4.74 Å². The summed E-state index contributed by atoms with van der Waals surface area (Å²) < 4.78 is 9.75. The topological polar surface area (TPSA) is 76.2 Å². The van der Waals surface area contributed by atoms with Crippen molar-refractivity contribution in [2.45, 2.75) is 6.42 Å². The highest BCUT2D eigenvalue weighted by Gasteiger charge is 2.38. The first-order valence-corrected chi connectivity index (χ1v) is 7.44. The molecular formula is C16H18N2O5. The average Bonchev–Trinajstić information content (AvgIpc) is 2.82. The molecule has 2 saturated heterocycles. The van der Waals surface area contributed by atoms with Gasteiger partial charge in [0.1, 0.15) is 5.75 Å². The van der Waals surface area contributed by atoms with E-state index in [1.165, 1.54) is 0 Å². The average molecular weight is 318 g/mol. The molecule has 3 amide bonds. The summed E-state index contributed by atoms with van der Waals surface area (Å²) in [6, 6.07) is 7.39. The Morgan fingerprint density at radius 2 is 1.96 bits per heavy atom. The fourth-order valence-electron chi connectivity index (χ4n) is 2.73. The van der Waals surface area contributed by atoms with Crippen molar-refractivity contribution in [1.29, 1.82) is 0 Å². The van der Waals surface area contributed by atoms with E-state index in [9.17, 15) is 14.4 Å². The van der Waals surface area contributed by atoms with Crippen molar-refractivity contribution < 1.29 is 23.9 Å². The second kappa shape index (κ2) is 6.28. The molecule has 1 aromatic rings. The van der Waals surface area contributed by atoms with Gasteiger partial charge in [0.2, 0.25) is 5.91 Å². The Morgan fingerprint density at radius 1 is 1.26 bits per heavy atom. The minimum absolute atomic E-state index is 0.0433. The number of amides is 3. The van der Waals surface area contributed by atoms with Crippen LogP contribution in [0.25, 0.3) is 0 Å². The second-order valence-corrected chi connectivity index (χ2v) is 5.75. The number of ether oxygens (including phenoxy) is 2. The molecule has 1 aromatic carbocycles. The van der Waals surface area contributed by atoms with Gasteiger partial charge in [0.05, 0.1) is 13.5 Å². The number of hydrogen-bond acceptors (Lipinski definition) is 5. The number of rotatable bonds is 5. The van der Waals surface area contributed by atoms with Crippen LogP contribution < -0.4 is 4.74 Å². The molecule has 0 bridgehead atoms. The number of imide groups is 1. The van der Waals surface area contributed by atoms with Gasteiger partial charge in [-0.3, -0.25) is 9.59 Å². The van der Waals surface area contributed by atoms with Crippen LogP contribution in [0.4, 0.5) is 4.79 Å². The first kappa shape index (κ1) is 15.3. The van der Waals surface area contributed by atoms with E-state index in [0.717, 1.165) is 16.2 Å². The Hall–Kier alpha value is -2.57. The molecule has 0 spiro atoms. The van der Waals surface area contributed by atoms with Gasteiger partial charge in [-0.05, 0) is 17.7 Å². The molecule has 2 aliphatic heterocycles. The van der Waals surface area contributed by atoms with Crippen molar-refractivity contribution in [3.05, 3.63) is 29.8 Å². The predicted molar refractivity (Wildman–Crippen MR) is 79.8 cm³/mol. The predicted octanol–water partition coefficient (Wildman–Crippen LogP) is 0.675. The van der Waals surface area contributed by atoms with Crippen molar-refractivity contribution in [3.8, 4) is 5.75 Å². The normalized spacial score (nSPS) is 18.0. The number of nitrogens with zero attached hydrogens (tertiary/aromatic N) is 2. The van der Waals surface area contributed by atoms with Crippen LogP contribution in [0.2, 0.25) is 0 Å². The van der Waals surface area contributed by atoms with E-state index in [1.54, 1.807) is 12.0 Å². The van der Waals surface area contributed by atoms with Gasteiger partial charge in [0.15, 0.2) is 6.61 Å². The van der Waals surface area contributed by atoms with E-state index in [2.05, 4.69) is 4.74 Å². The third-order valence-corrected chi connectivity index (χ3v) is 4.11. The highest BCUT2D eigenvalue weighted by molar-refractivity contribution is 5.97. The van der Waals surface area contributed by atoms with Gasteiger partial charge in [-0.1, -0.05) is 12.1 Å². The molecule has 0 aromatic heterocycles. The lowest BCUT2D eigenvalue weighted by molar-refractivity contribution is -0.137. The zero-order chi connectivity index (χ0) is 16.4. The van der Waals surface area contributed by atoms with Gasteiger partial charge >= 0.3 is 6.09 Å². The van der Waals surface area contributed by atoms with Gasteiger partial charge in [-0.15, -0.1) is 0 Å². The van der Waals surface area contributed by atoms with E-state index in [1.807, 2.05) is 24.3 Å². The lowest BCUT2D eigenvalue weighted by Gasteiger charge is -2.40. The summed E-state index contributed by atoms with van der Waals surface area (Å²) in [7, 11) is 1.60. The molecule has 0 aliphatic carbocycles. The number of cyclic esters (lactones) is 1. The standard InChI is InChI=1S/C16H18N2O5/c1-22-13-4-2-11(3-5-13)6-14(19)17-7-12(8-17)9-18-15(20)10-23-16(18)21/h2-5,12H,6-10H2,1H3. The maximum absolute atomic E-state index is 12.2. The van der Waals surface area contributed by atoms with Crippen LogP contribution in [0.15, 0.2) is 24.3 Å². The summed E-state index contributed by atoms with van der Waals surface area (Å²) in [6.45, 7) is 1.27. The van der Waals surface area contributed by atoms with Crippen LogP contribution in [-0.2, 0) is 20.7 Å². The lowest BCUT2D eigenvalue weighted by atomic mass is 9.98. The van der Waals surface area contributed by atoms with Crippen LogP contribution in [-0.4, -0.2) is 61.1 Å². The fraction of sp³-hybridized carbons (Fsp3) is 0.438. The van der Waals surface area contributed by atoms with Crippen LogP contribution in [0.5, 0.6) is 5.75 Å². The monoisotopic (exact) mass is 318 g/mol. The van der Waals surface area contributed by atoms with Crippen molar-refractivity contribution in [1.82, 2.24) is 9.80 Å². The zero-order valence-electron chi connectivity index (χ0n) is 12.9. The number of hydrogen-bond donors (Lipinski definition) is 0. The van der Waals surface area contributed by atoms with Crippen molar-refractivity contribution in [2.75, 3.05) is 33.4 Å². The Bertz CT molecular complexity index is 606. The van der Waals surface area contributed by atoms with Crippen LogP contribution in [0, 0.1) is 5.92 Å². The van der Waals surface area contributed by atoms with E-state index in [-0.39, 0.29) is 24.3 Å². The lowest BCUT2D eigenvalue weighted by Crippen LogP contribution is -2.54. The van der Waals surface area contributed by atoms with E-state index in [0.29, 0.717) is 26.1 Å². The summed E-state index contributed by atoms with van der Waals surface area (Å²) in [5, 5.41) is 0. The summed E-state index contributed by atoms with van der Waals surface area (Å²) >= 11 is 0. The van der Waals surface area contributed by atoms with Gasteiger partial charge in [-0.2, -0.15) is 0 Å². The van der Waals surface area contributed by atoms with Crippen LogP contribution in [0.3, 0.4) is 0 Å². The molecule has 0 radical (unpaired) electrons. The molecule has 7 heteroatoms. The molecule has 122 valence electrons. The van der Waals surface area contributed by atoms with Crippen molar-refractivity contribution in [3.63, 3.8) is 0 Å². The van der Waals surface area contributed by atoms with E-state index >= 15 is 0 Å². The molecule has 0 N–H and O–H groups in total. The molecule has 23 heavy (non-hydrogen) atoms. The smallest absolute Gasteiger partial charge is 0.417 e. The third-order valence-electron chi connectivity index (χ3n) is 4.11. The Balaban J connectivity index is 1.46. The Kier molecular flexibility index (Phi) is 4.18. The molecular weight excluding hydrogens is 300 g/mol. The Morgan fingerprint density at radius 3 is 2.52 bits per heavy atom.